The lowest BCUT2D eigenvalue weighted by Crippen LogP contribution is -2.38. The van der Waals surface area contributed by atoms with Gasteiger partial charge in [-0.15, -0.1) is 11.8 Å². The summed E-state index contributed by atoms with van der Waals surface area (Å²) in [5.74, 6) is 0.644. The van der Waals surface area contributed by atoms with Gasteiger partial charge in [0.2, 0.25) is 0 Å². The van der Waals surface area contributed by atoms with E-state index in [0.717, 1.165) is 40.9 Å². The number of piperidine rings is 1. The number of nitrogens with zero attached hydrogens (tertiary/aromatic N) is 1. The predicted octanol–water partition coefficient (Wildman–Crippen LogP) is 4.65. The number of carbonyl (C=O) groups excluding carboxylic acids is 1. The second-order valence-corrected chi connectivity index (χ2v) is 8.19. The van der Waals surface area contributed by atoms with Crippen molar-refractivity contribution in [3.05, 3.63) is 63.6 Å². The van der Waals surface area contributed by atoms with Crippen molar-refractivity contribution >= 4 is 33.6 Å². The third kappa shape index (κ3) is 4.46. The molecule has 0 bridgehead atoms. The summed E-state index contributed by atoms with van der Waals surface area (Å²) in [6.45, 7) is 2.18. The fourth-order valence-corrected chi connectivity index (χ4v) is 4.51. The third-order valence-corrected chi connectivity index (χ3v) is 5.96. The van der Waals surface area contributed by atoms with Crippen molar-refractivity contribution in [2.45, 2.75) is 30.2 Å². The van der Waals surface area contributed by atoms with Crippen LogP contribution >= 0.6 is 27.7 Å². The van der Waals surface area contributed by atoms with Crippen LogP contribution in [0.3, 0.4) is 0 Å². The van der Waals surface area contributed by atoms with Crippen LogP contribution in [0, 0.1) is 0 Å². The fourth-order valence-electron chi connectivity index (χ4n) is 3.38. The Morgan fingerprint density at radius 3 is 2.68 bits per heavy atom. The summed E-state index contributed by atoms with van der Waals surface area (Å²) in [6, 6.07) is 14.5. The van der Waals surface area contributed by atoms with Crippen molar-refractivity contribution in [2.24, 2.45) is 5.73 Å². The van der Waals surface area contributed by atoms with Gasteiger partial charge in [-0.3, -0.25) is 4.79 Å². The average molecular weight is 419 g/mol. The van der Waals surface area contributed by atoms with Crippen molar-refractivity contribution in [1.29, 1.82) is 0 Å². The van der Waals surface area contributed by atoms with E-state index in [2.05, 4.69) is 40.2 Å². The Balaban J connectivity index is 1.67. The monoisotopic (exact) mass is 418 g/mol. The molecule has 1 saturated heterocycles. The van der Waals surface area contributed by atoms with Crippen LogP contribution in [0.15, 0.2) is 51.8 Å². The van der Waals surface area contributed by atoms with Gasteiger partial charge in [-0.1, -0.05) is 40.2 Å². The summed E-state index contributed by atoms with van der Waals surface area (Å²) in [4.78, 5) is 15.9. The molecule has 0 saturated carbocycles. The molecule has 2 N–H and O–H groups in total. The zero-order valence-corrected chi connectivity index (χ0v) is 16.8. The summed E-state index contributed by atoms with van der Waals surface area (Å²) in [5, 5.41) is 0. The van der Waals surface area contributed by atoms with Crippen molar-refractivity contribution < 1.29 is 4.79 Å². The number of nitrogens with two attached hydrogens (primary N) is 1. The molecule has 0 unspecified atom stereocenters. The first-order chi connectivity index (χ1) is 12.1. The second-order valence-electron chi connectivity index (χ2n) is 6.40. The molecule has 0 spiro atoms. The fraction of sp³-hybridized carbons (Fsp3) is 0.350. The molecule has 5 heteroatoms. The second kappa shape index (κ2) is 8.39. The van der Waals surface area contributed by atoms with Gasteiger partial charge in [0.1, 0.15) is 0 Å². The van der Waals surface area contributed by atoms with Gasteiger partial charge in [0, 0.05) is 34.6 Å². The first kappa shape index (κ1) is 18.5. The molecule has 132 valence electrons. The van der Waals surface area contributed by atoms with Crippen LogP contribution in [0.2, 0.25) is 0 Å². The Morgan fingerprint density at radius 2 is 2.00 bits per heavy atom. The molecule has 1 aliphatic rings. The predicted molar refractivity (Wildman–Crippen MR) is 108 cm³/mol. The molecule has 3 nitrogen and oxygen atoms in total. The molecule has 25 heavy (non-hydrogen) atoms. The number of likely N-dealkylation sites (tertiary alicyclic amines) is 1. The van der Waals surface area contributed by atoms with Crippen molar-refractivity contribution in [1.82, 2.24) is 4.90 Å². The largest absolute Gasteiger partial charge is 0.339 e. The molecule has 1 heterocycles. The molecule has 0 aliphatic carbocycles. The highest BCUT2D eigenvalue weighted by Crippen LogP contribution is 2.30. The zero-order valence-electron chi connectivity index (χ0n) is 14.4. The van der Waals surface area contributed by atoms with E-state index in [4.69, 9.17) is 5.73 Å². The number of carbonyl (C=O) groups is 1. The molecule has 1 aliphatic heterocycles. The minimum atomic E-state index is 0.130. The first-order valence-electron chi connectivity index (χ1n) is 8.53. The van der Waals surface area contributed by atoms with E-state index in [1.807, 2.05) is 29.4 Å². The van der Waals surface area contributed by atoms with Crippen LogP contribution in [0.5, 0.6) is 0 Å². The maximum absolute atomic E-state index is 12.8. The molecular weight excluding hydrogens is 396 g/mol. The smallest absolute Gasteiger partial charge is 0.253 e. The lowest BCUT2D eigenvalue weighted by Gasteiger charge is -2.32. The van der Waals surface area contributed by atoms with Gasteiger partial charge in [-0.2, -0.15) is 0 Å². The van der Waals surface area contributed by atoms with Crippen LogP contribution < -0.4 is 5.73 Å². The third-order valence-electron chi connectivity index (χ3n) is 4.79. The molecule has 2 aromatic rings. The lowest BCUT2D eigenvalue weighted by atomic mass is 9.88. The van der Waals surface area contributed by atoms with Crippen LogP contribution in [-0.2, 0) is 6.54 Å². The molecule has 2 aromatic carbocycles. The van der Waals surface area contributed by atoms with Crippen LogP contribution in [-0.4, -0.2) is 30.2 Å². The standard InChI is InChI=1S/C20H23BrN2OS/c1-25-19-11-17(10-18(21)12-19)20(24)23-7-5-15(6-8-23)16-4-2-3-14(9-16)13-22/h2-4,9-12,15H,5-8,13,22H2,1H3. The lowest BCUT2D eigenvalue weighted by molar-refractivity contribution is 0.0712. The summed E-state index contributed by atoms with van der Waals surface area (Å²) in [6.07, 6.45) is 4.03. The van der Waals surface area contributed by atoms with Crippen LogP contribution in [0.25, 0.3) is 0 Å². The van der Waals surface area contributed by atoms with Gasteiger partial charge in [0.05, 0.1) is 0 Å². The van der Waals surface area contributed by atoms with E-state index in [0.29, 0.717) is 12.5 Å². The number of rotatable bonds is 4. The van der Waals surface area contributed by atoms with Crippen molar-refractivity contribution in [3.63, 3.8) is 0 Å². The Bertz CT molecular complexity index is 757. The molecule has 1 amide bonds. The Hall–Kier alpha value is -1.30. The minimum absolute atomic E-state index is 0.130. The van der Waals surface area contributed by atoms with E-state index in [-0.39, 0.29) is 5.91 Å². The van der Waals surface area contributed by atoms with Gasteiger partial charge in [0.25, 0.3) is 5.91 Å². The Kier molecular flexibility index (Phi) is 6.20. The Labute approximate surface area is 162 Å². The highest BCUT2D eigenvalue weighted by Gasteiger charge is 2.25. The minimum Gasteiger partial charge on any atom is -0.339 e. The average Bonchev–Trinajstić information content (AvgIpc) is 2.67. The number of thioether (sulfide) groups is 1. The Morgan fingerprint density at radius 1 is 1.24 bits per heavy atom. The molecule has 0 aromatic heterocycles. The highest BCUT2D eigenvalue weighted by atomic mass is 79.9. The number of benzene rings is 2. The van der Waals surface area contributed by atoms with E-state index < -0.39 is 0 Å². The van der Waals surface area contributed by atoms with Gasteiger partial charge in [-0.05, 0) is 54.3 Å². The summed E-state index contributed by atoms with van der Waals surface area (Å²) in [5.41, 5.74) is 9.04. The zero-order chi connectivity index (χ0) is 17.8. The van der Waals surface area contributed by atoms with Crippen molar-refractivity contribution in [3.8, 4) is 0 Å². The van der Waals surface area contributed by atoms with Gasteiger partial charge >= 0.3 is 0 Å². The molecule has 3 rings (SSSR count). The van der Waals surface area contributed by atoms with E-state index in [9.17, 15) is 4.79 Å². The molecule has 0 radical (unpaired) electrons. The molecule has 1 fully saturated rings. The number of amides is 1. The van der Waals surface area contributed by atoms with Gasteiger partial charge in [0.15, 0.2) is 0 Å². The van der Waals surface area contributed by atoms with Crippen molar-refractivity contribution in [2.75, 3.05) is 19.3 Å². The maximum atomic E-state index is 12.8. The van der Waals surface area contributed by atoms with E-state index >= 15 is 0 Å². The van der Waals surface area contributed by atoms with Crippen LogP contribution in [0.1, 0.15) is 40.2 Å². The topological polar surface area (TPSA) is 46.3 Å². The number of hydrogen-bond acceptors (Lipinski definition) is 3. The summed E-state index contributed by atoms with van der Waals surface area (Å²) in [7, 11) is 0. The number of halogens is 1. The highest BCUT2D eigenvalue weighted by molar-refractivity contribution is 9.10. The van der Waals surface area contributed by atoms with Crippen LogP contribution in [0.4, 0.5) is 0 Å². The SMILES string of the molecule is CSc1cc(Br)cc(C(=O)N2CCC(c3cccc(CN)c3)CC2)c1. The summed E-state index contributed by atoms with van der Waals surface area (Å²) >= 11 is 5.16. The molecule has 0 atom stereocenters. The normalized spacial score (nSPS) is 15.4. The first-order valence-corrected chi connectivity index (χ1v) is 10.5. The van der Waals surface area contributed by atoms with Gasteiger partial charge in [-0.25, -0.2) is 0 Å². The quantitative estimate of drug-likeness (QED) is 0.734. The van der Waals surface area contributed by atoms with E-state index in [1.165, 1.54) is 11.1 Å². The number of hydrogen-bond donors (Lipinski definition) is 1. The maximum Gasteiger partial charge on any atom is 0.253 e. The van der Waals surface area contributed by atoms with E-state index in [1.54, 1.807) is 11.8 Å². The van der Waals surface area contributed by atoms with Gasteiger partial charge < -0.3 is 10.6 Å². The summed E-state index contributed by atoms with van der Waals surface area (Å²) < 4.78 is 0.955. The molecular formula is C20H23BrN2OS.